The fourth-order valence-corrected chi connectivity index (χ4v) is 2.58. The molecule has 0 bridgehead atoms. The first-order chi connectivity index (χ1) is 9.72. The smallest absolute Gasteiger partial charge is 0.222 e. The third-order valence-electron chi connectivity index (χ3n) is 4.08. The van der Waals surface area contributed by atoms with E-state index < -0.39 is 0 Å². The molecule has 2 nitrogen and oxygen atoms in total. The van der Waals surface area contributed by atoms with Crippen LogP contribution in [0.25, 0.3) is 0 Å². The highest BCUT2D eigenvalue weighted by Gasteiger charge is 2.04. The van der Waals surface area contributed by atoms with Crippen LogP contribution in [0.4, 0.5) is 0 Å². The quantitative estimate of drug-likeness (QED) is 0.382. The van der Waals surface area contributed by atoms with E-state index in [1.807, 2.05) is 18.9 Å². The molecule has 0 atom stereocenters. The highest BCUT2D eigenvalue weighted by atomic mass is 16.2. The Labute approximate surface area is 127 Å². The number of amides is 1. The third kappa shape index (κ3) is 12.5. The lowest BCUT2D eigenvalue weighted by atomic mass is 10.1. The number of nitrogens with zero attached hydrogens (tertiary/aromatic N) is 1. The first kappa shape index (κ1) is 19.5. The highest BCUT2D eigenvalue weighted by Crippen LogP contribution is 2.12. The summed E-state index contributed by atoms with van der Waals surface area (Å²) in [5.41, 5.74) is 0. The van der Waals surface area contributed by atoms with Gasteiger partial charge in [0, 0.05) is 20.0 Å². The van der Waals surface area contributed by atoms with Crippen molar-refractivity contribution in [2.24, 2.45) is 0 Å². The monoisotopic (exact) mass is 283 g/mol. The van der Waals surface area contributed by atoms with E-state index in [0.717, 1.165) is 6.54 Å². The van der Waals surface area contributed by atoms with E-state index in [1.165, 1.54) is 77.0 Å². The van der Waals surface area contributed by atoms with Crippen molar-refractivity contribution >= 4 is 5.91 Å². The second-order valence-corrected chi connectivity index (χ2v) is 6.06. The van der Waals surface area contributed by atoms with Crippen molar-refractivity contribution in [3.63, 3.8) is 0 Å². The fourth-order valence-electron chi connectivity index (χ4n) is 2.58. The molecule has 0 aliphatic carbocycles. The van der Waals surface area contributed by atoms with E-state index in [0.29, 0.717) is 6.42 Å². The van der Waals surface area contributed by atoms with E-state index >= 15 is 0 Å². The van der Waals surface area contributed by atoms with E-state index in [1.54, 1.807) is 0 Å². The molecular formula is C18H37NO. The minimum atomic E-state index is 0.271. The van der Waals surface area contributed by atoms with E-state index in [-0.39, 0.29) is 5.91 Å². The normalized spacial score (nSPS) is 10.8. The zero-order chi connectivity index (χ0) is 15.1. The number of carbonyl (C=O) groups is 1. The van der Waals surface area contributed by atoms with Crippen LogP contribution in [0.5, 0.6) is 0 Å². The van der Waals surface area contributed by atoms with Crippen molar-refractivity contribution in [1.29, 1.82) is 0 Å². The summed E-state index contributed by atoms with van der Waals surface area (Å²) in [5, 5.41) is 0. The Morgan fingerprint density at radius 1 is 0.700 bits per heavy atom. The summed E-state index contributed by atoms with van der Waals surface area (Å²) >= 11 is 0. The molecule has 0 fully saturated rings. The molecule has 1 amide bonds. The Hall–Kier alpha value is -0.530. The Bertz CT molecular complexity index is 215. The predicted octanol–water partition coefficient (Wildman–Crippen LogP) is 5.56. The molecule has 0 rings (SSSR count). The van der Waals surface area contributed by atoms with Crippen LogP contribution >= 0.6 is 0 Å². The predicted molar refractivity (Wildman–Crippen MR) is 89.0 cm³/mol. The molecule has 0 unspecified atom stereocenters. The van der Waals surface area contributed by atoms with Crippen LogP contribution in [0.3, 0.4) is 0 Å². The molecule has 0 heterocycles. The fraction of sp³-hybridized carbons (Fsp3) is 0.944. The van der Waals surface area contributed by atoms with Crippen LogP contribution < -0.4 is 0 Å². The molecule has 0 radical (unpaired) electrons. The lowest BCUT2D eigenvalue weighted by molar-refractivity contribution is -0.129. The van der Waals surface area contributed by atoms with Gasteiger partial charge in [-0.3, -0.25) is 4.79 Å². The molecule has 0 spiro atoms. The van der Waals surface area contributed by atoms with Gasteiger partial charge in [-0.05, 0) is 6.42 Å². The van der Waals surface area contributed by atoms with Crippen molar-refractivity contribution < 1.29 is 4.79 Å². The summed E-state index contributed by atoms with van der Waals surface area (Å²) in [5.74, 6) is 0.271. The zero-order valence-electron chi connectivity index (χ0n) is 14.3. The van der Waals surface area contributed by atoms with Gasteiger partial charge < -0.3 is 4.90 Å². The van der Waals surface area contributed by atoms with Crippen molar-refractivity contribution in [3.8, 4) is 0 Å². The molecule has 0 saturated carbocycles. The van der Waals surface area contributed by atoms with Crippen molar-refractivity contribution in [2.75, 3.05) is 13.6 Å². The Kier molecular flexibility index (Phi) is 14.5. The van der Waals surface area contributed by atoms with Gasteiger partial charge in [0.1, 0.15) is 0 Å². The number of rotatable bonds is 14. The Morgan fingerprint density at radius 2 is 1.10 bits per heavy atom. The van der Waals surface area contributed by atoms with Gasteiger partial charge in [0.25, 0.3) is 0 Å². The van der Waals surface area contributed by atoms with Crippen LogP contribution in [0.15, 0.2) is 0 Å². The molecule has 2 heteroatoms. The number of hydrogen-bond donors (Lipinski definition) is 0. The summed E-state index contributed by atoms with van der Waals surface area (Å²) < 4.78 is 0. The van der Waals surface area contributed by atoms with Gasteiger partial charge in [0.2, 0.25) is 5.91 Å². The van der Waals surface area contributed by atoms with Gasteiger partial charge in [-0.2, -0.15) is 0 Å². The lowest BCUT2D eigenvalue weighted by Crippen LogP contribution is -2.26. The van der Waals surface area contributed by atoms with Crippen LogP contribution in [-0.2, 0) is 4.79 Å². The van der Waals surface area contributed by atoms with Gasteiger partial charge >= 0.3 is 0 Å². The van der Waals surface area contributed by atoms with Gasteiger partial charge in [0.15, 0.2) is 0 Å². The minimum absolute atomic E-state index is 0.271. The first-order valence-corrected chi connectivity index (χ1v) is 8.96. The van der Waals surface area contributed by atoms with E-state index in [4.69, 9.17) is 0 Å². The summed E-state index contributed by atoms with van der Waals surface area (Å²) in [6, 6.07) is 0. The van der Waals surface area contributed by atoms with E-state index in [9.17, 15) is 4.79 Å². The minimum Gasteiger partial charge on any atom is -0.346 e. The molecule has 0 aromatic heterocycles. The summed E-state index contributed by atoms with van der Waals surface area (Å²) in [6.07, 6.45) is 17.1. The molecule has 0 aliphatic rings. The maximum atomic E-state index is 11.4. The number of unbranched alkanes of at least 4 members (excludes halogenated alkanes) is 11. The van der Waals surface area contributed by atoms with E-state index in [2.05, 4.69) is 6.92 Å². The third-order valence-corrected chi connectivity index (χ3v) is 4.08. The highest BCUT2D eigenvalue weighted by molar-refractivity contribution is 5.75. The molecule has 20 heavy (non-hydrogen) atoms. The molecule has 0 aliphatic heterocycles. The largest absolute Gasteiger partial charge is 0.346 e. The van der Waals surface area contributed by atoms with Crippen LogP contribution in [0, 0.1) is 0 Å². The standard InChI is InChI=1S/C18H37NO/c1-4-6-7-8-9-10-11-12-13-14-15-16-17-19(3)18(20)5-2/h4-17H2,1-3H3. The van der Waals surface area contributed by atoms with Crippen molar-refractivity contribution in [3.05, 3.63) is 0 Å². The van der Waals surface area contributed by atoms with Gasteiger partial charge in [-0.15, -0.1) is 0 Å². The summed E-state index contributed by atoms with van der Waals surface area (Å²) in [4.78, 5) is 13.2. The maximum Gasteiger partial charge on any atom is 0.222 e. The van der Waals surface area contributed by atoms with Crippen molar-refractivity contribution in [1.82, 2.24) is 4.90 Å². The first-order valence-electron chi connectivity index (χ1n) is 8.96. The topological polar surface area (TPSA) is 20.3 Å². The average molecular weight is 284 g/mol. The lowest BCUT2D eigenvalue weighted by Gasteiger charge is -2.15. The Morgan fingerprint density at radius 3 is 1.50 bits per heavy atom. The second-order valence-electron chi connectivity index (χ2n) is 6.06. The molecule has 0 aromatic carbocycles. The SMILES string of the molecule is CCCCCCCCCCCCCCN(C)C(=O)CC. The number of hydrogen-bond acceptors (Lipinski definition) is 1. The van der Waals surface area contributed by atoms with Crippen LogP contribution in [0.1, 0.15) is 97.3 Å². The molecule has 0 saturated heterocycles. The van der Waals surface area contributed by atoms with Crippen LogP contribution in [-0.4, -0.2) is 24.4 Å². The number of carbonyl (C=O) groups excluding carboxylic acids is 1. The van der Waals surface area contributed by atoms with Gasteiger partial charge in [-0.1, -0.05) is 84.5 Å². The van der Waals surface area contributed by atoms with Crippen LogP contribution in [0.2, 0.25) is 0 Å². The second kappa shape index (κ2) is 14.9. The molecular weight excluding hydrogens is 246 g/mol. The van der Waals surface area contributed by atoms with Gasteiger partial charge in [0.05, 0.1) is 0 Å². The van der Waals surface area contributed by atoms with Crippen molar-refractivity contribution in [2.45, 2.75) is 97.3 Å². The Balaban J connectivity index is 3.11. The summed E-state index contributed by atoms with van der Waals surface area (Å²) in [6.45, 7) is 5.14. The summed E-state index contributed by atoms with van der Waals surface area (Å²) in [7, 11) is 1.92. The molecule has 0 N–H and O–H groups in total. The van der Waals surface area contributed by atoms with Gasteiger partial charge in [-0.25, -0.2) is 0 Å². The zero-order valence-corrected chi connectivity index (χ0v) is 14.3. The molecule has 0 aromatic rings. The molecule has 120 valence electrons. The average Bonchev–Trinajstić information content (AvgIpc) is 2.47. The maximum absolute atomic E-state index is 11.4.